The van der Waals surface area contributed by atoms with Crippen LogP contribution in [-0.4, -0.2) is 12.2 Å². The molecule has 0 amide bonds. The van der Waals surface area contributed by atoms with Crippen molar-refractivity contribution < 1.29 is 9.59 Å². The van der Waals surface area contributed by atoms with Gasteiger partial charge in [0.15, 0.2) is 12.2 Å². The fraction of sp³-hybridized carbons (Fsp3) is 0.200. The molecule has 7 heavy (non-hydrogen) atoms. The summed E-state index contributed by atoms with van der Waals surface area (Å²) in [7, 11) is 0. The van der Waals surface area contributed by atoms with Gasteiger partial charge in [-0.1, -0.05) is 0 Å². The fourth-order valence-electron chi connectivity index (χ4n) is 0.110. The minimum absolute atomic E-state index is 0.273. The molecule has 0 aliphatic heterocycles. The first kappa shape index (κ1) is 5.90. The average Bonchev–Trinajstić information content (AvgIpc) is 1.68. The Morgan fingerprint density at radius 3 is 2.43 bits per heavy atom. The Balaban J connectivity index is 4.31. The van der Waals surface area contributed by atoms with E-state index in [0.29, 0.717) is 6.29 Å². The van der Waals surface area contributed by atoms with E-state index < -0.39 is 0 Å². The maximum atomic E-state index is 9.62. The topological polar surface area (TPSA) is 34.1 Å². The third-order valence-corrected chi connectivity index (χ3v) is 0.425. The molecule has 0 heterocycles. The molecule has 0 saturated carbocycles. The highest BCUT2D eigenvalue weighted by Gasteiger charge is 1.73. The molecule has 0 rings (SSSR count). The van der Waals surface area contributed by atoms with E-state index in [1.807, 2.05) is 5.73 Å². The van der Waals surface area contributed by atoms with Gasteiger partial charge in [0.25, 0.3) is 0 Å². The highest BCUT2D eigenvalue weighted by molar-refractivity contribution is 5.74. The van der Waals surface area contributed by atoms with E-state index in [1.54, 1.807) is 0 Å². The summed E-state index contributed by atoms with van der Waals surface area (Å²) in [5, 5.41) is 0. The molecule has 0 aromatic rings. The lowest BCUT2D eigenvalue weighted by atomic mass is 10.4. The van der Waals surface area contributed by atoms with Crippen molar-refractivity contribution in [2.45, 2.75) is 6.92 Å². The van der Waals surface area contributed by atoms with E-state index in [2.05, 4.69) is 0 Å². The minimum atomic E-state index is 0.273. The minimum Gasteiger partial charge on any atom is -0.298 e. The van der Waals surface area contributed by atoms with Crippen molar-refractivity contribution in [1.82, 2.24) is 0 Å². The SMILES string of the molecule is CC(=C=C=O)C=O. The predicted octanol–water partition coefficient (Wildman–Crippen LogP) is 0.118. The zero-order valence-corrected chi connectivity index (χ0v) is 3.89. The first-order valence-electron chi connectivity index (χ1n) is 1.73. The predicted molar refractivity (Wildman–Crippen MR) is 24.5 cm³/mol. The smallest absolute Gasteiger partial charge is 0.177 e. The number of carbonyl (C=O) groups excluding carboxylic acids is 2. The molecule has 0 aromatic heterocycles. The van der Waals surface area contributed by atoms with Crippen LogP contribution in [0.4, 0.5) is 0 Å². The maximum absolute atomic E-state index is 9.62. The maximum Gasteiger partial charge on any atom is 0.177 e. The molecule has 2 nitrogen and oxygen atoms in total. The highest BCUT2D eigenvalue weighted by Crippen LogP contribution is 1.74. The summed E-state index contributed by atoms with van der Waals surface area (Å²) < 4.78 is 0. The van der Waals surface area contributed by atoms with E-state index in [1.165, 1.54) is 12.9 Å². The van der Waals surface area contributed by atoms with Crippen LogP contribution in [0, 0.1) is 0 Å². The molecule has 0 aliphatic carbocycles. The van der Waals surface area contributed by atoms with Crippen molar-refractivity contribution in [3.05, 3.63) is 11.3 Å². The summed E-state index contributed by atoms with van der Waals surface area (Å²) in [6, 6.07) is 0. The van der Waals surface area contributed by atoms with Gasteiger partial charge in [-0.2, -0.15) is 0 Å². The number of allylic oxidation sites excluding steroid dienone is 1. The zero-order valence-electron chi connectivity index (χ0n) is 3.89. The Labute approximate surface area is 41.1 Å². The molecule has 0 aromatic carbocycles. The monoisotopic (exact) mass is 96.0 g/mol. The number of hydrogen-bond acceptors (Lipinski definition) is 2. The normalized spacial score (nSPS) is 5.86. The first-order valence-corrected chi connectivity index (χ1v) is 1.73. The molecule has 0 atom stereocenters. The summed E-state index contributed by atoms with van der Waals surface area (Å²) in [4.78, 5) is 19.0. The lowest BCUT2D eigenvalue weighted by Crippen LogP contribution is -1.68. The Kier molecular flexibility index (Phi) is 2.62. The molecule has 0 fully saturated rings. The van der Waals surface area contributed by atoms with Gasteiger partial charge in [0.2, 0.25) is 0 Å². The molecule has 0 saturated heterocycles. The molecular weight excluding hydrogens is 92.1 g/mol. The van der Waals surface area contributed by atoms with Gasteiger partial charge in [0.1, 0.15) is 0 Å². The largest absolute Gasteiger partial charge is 0.298 e. The second-order valence-electron chi connectivity index (χ2n) is 1.03. The van der Waals surface area contributed by atoms with Crippen LogP contribution in [0.2, 0.25) is 0 Å². The standard InChI is InChI=1S/C5H4O2/c1-5(4-7)2-3-6/h4H,1H3. The Hall–Kier alpha value is -1.10. The van der Waals surface area contributed by atoms with Gasteiger partial charge in [-0.15, -0.1) is 0 Å². The van der Waals surface area contributed by atoms with Crippen molar-refractivity contribution in [1.29, 1.82) is 0 Å². The van der Waals surface area contributed by atoms with Gasteiger partial charge in [0, 0.05) is 5.57 Å². The molecule has 36 valence electrons. The van der Waals surface area contributed by atoms with Gasteiger partial charge in [-0.05, 0) is 12.7 Å². The van der Waals surface area contributed by atoms with Gasteiger partial charge < -0.3 is 0 Å². The van der Waals surface area contributed by atoms with Gasteiger partial charge >= 0.3 is 0 Å². The lowest BCUT2D eigenvalue weighted by molar-refractivity contribution is -0.104. The molecule has 0 bridgehead atoms. The van der Waals surface area contributed by atoms with Crippen LogP contribution in [0.3, 0.4) is 0 Å². The number of aldehydes is 1. The Morgan fingerprint density at radius 1 is 1.71 bits per heavy atom. The van der Waals surface area contributed by atoms with Crippen molar-refractivity contribution in [2.24, 2.45) is 0 Å². The van der Waals surface area contributed by atoms with Gasteiger partial charge in [-0.3, -0.25) is 4.79 Å². The average molecular weight is 96.1 g/mol. The van der Waals surface area contributed by atoms with Crippen molar-refractivity contribution in [3.8, 4) is 0 Å². The molecule has 2 heteroatoms. The molecule has 0 spiro atoms. The third-order valence-electron chi connectivity index (χ3n) is 0.425. The van der Waals surface area contributed by atoms with Crippen LogP contribution in [-0.2, 0) is 9.59 Å². The lowest BCUT2D eigenvalue weighted by Gasteiger charge is -1.65. The summed E-state index contributed by atoms with van der Waals surface area (Å²) >= 11 is 0. The summed E-state index contributed by atoms with van der Waals surface area (Å²) in [5.41, 5.74) is 2.31. The molecule has 0 N–H and O–H groups in total. The van der Waals surface area contributed by atoms with Crippen LogP contribution in [0.25, 0.3) is 0 Å². The van der Waals surface area contributed by atoms with Crippen molar-refractivity contribution in [3.63, 3.8) is 0 Å². The van der Waals surface area contributed by atoms with Crippen LogP contribution in [0.15, 0.2) is 11.3 Å². The second-order valence-corrected chi connectivity index (χ2v) is 1.03. The van der Waals surface area contributed by atoms with Gasteiger partial charge in [-0.25, -0.2) is 4.79 Å². The second kappa shape index (κ2) is 3.10. The molecule has 0 aliphatic rings. The van der Waals surface area contributed by atoms with E-state index >= 15 is 0 Å². The van der Waals surface area contributed by atoms with Crippen LogP contribution >= 0.6 is 0 Å². The van der Waals surface area contributed by atoms with E-state index in [4.69, 9.17) is 0 Å². The molecular formula is C5H4O2. The highest BCUT2D eigenvalue weighted by atomic mass is 16.1. The molecule has 0 radical (unpaired) electrons. The van der Waals surface area contributed by atoms with Crippen LogP contribution in [0.1, 0.15) is 6.92 Å². The van der Waals surface area contributed by atoms with E-state index in [0.717, 1.165) is 0 Å². The number of hydrogen-bond donors (Lipinski definition) is 0. The van der Waals surface area contributed by atoms with Crippen LogP contribution < -0.4 is 0 Å². The first-order chi connectivity index (χ1) is 3.31. The van der Waals surface area contributed by atoms with Crippen LogP contribution in [0.5, 0.6) is 0 Å². The zero-order chi connectivity index (χ0) is 5.70. The molecule has 0 unspecified atom stereocenters. The van der Waals surface area contributed by atoms with E-state index in [-0.39, 0.29) is 5.57 Å². The summed E-state index contributed by atoms with van der Waals surface area (Å²) in [6.45, 7) is 1.48. The summed E-state index contributed by atoms with van der Waals surface area (Å²) in [6.07, 6.45) is 0.547. The number of rotatable bonds is 1. The number of carbonyl (C=O) groups is 1. The van der Waals surface area contributed by atoms with Gasteiger partial charge in [0.05, 0.1) is 0 Å². The van der Waals surface area contributed by atoms with Crippen molar-refractivity contribution >= 4 is 12.2 Å². The quantitative estimate of drug-likeness (QED) is 0.201. The third kappa shape index (κ3) is 2.71. The van der Waals surface area contributed by atoms with E-state index in [9.17, 15) is 9.59 Å². The van der Waals surface area contributed by atoms with Crippen molar-refractivity contribution in [2.75, 3.05) is 0 Å². The summed E-state index contributed by atoms with van der Waals surface area (Å²) in [5.74, 6) is 1.35. The Morgan fingerprint density at radius 2 is 2.29 bits per heavy atom. The fourth-order valence-corrected chi connectivity index (χ4v) is 0.110. The Bertz CT molecular complexity index is 145.